The summed E-state index contributed by atoms with van der Waals surface area (Å²) in [7, 11) is 1.59. The van der Waals surface area contributed by atoms with E-state index in [4.69, 9.17) is 0 Å². The van der Waals surface area contributed by atoms with Crippen LogP contribution >= 0.6 is 15.9 Å². The lowest BCUT2D eigenvalue weighted by Gasteiger charge is -2.22. The molecule has 3 rings (SSSR count). The second-order valence-electron chi connectivity index (χ2n) is 6.30. The predicted molar refractivity (Wildman–Crippen MR) is 97.4 cm³/mol. The van der Waals surface area contributed by atoms with E-state index in [2.05, 4.69) is 15.9 Å². The van der Waals surface area contributed by atoms with E-state index in [1.54, 1.807) is 11.9 Å². The Hall–Kier alpha value is -2.28. The van der Waals surface area contributed by atoms with E-state index < -0.39 is 17.6 Å². The lowest BCUT2D eigenvalue weighted by atomic mass is 10.1. The number of hydrogen-bond donors (Lipinski definition) is 0. The number of carbonyl (C=O) groups is 2. The first kappa shape index (κ1) is 18.5. The minimum atomic E-state index is -0.945. The van der Waals surface area contributed by atoms with Gasteiger partial charge in [-0.1, -0.05) is 18.2 Å². The molecule has 1 unspecified atom stereocenters. The summed E-state index contributed by atoms with van der Waals surface area (Å²) in [5.41, 5.74) is 1.22. The zero-order valence-corrected chi connectivity index (χ0v) is 15.7. The molecule has 0 N–H and O–H groups in total. The van der Waals surface area contributed by atoms with Crippen molar-refractivity contribution in [2.24, 2.45) is 5.92 Å². The molecule has 0 aromatic heterocycles. The number of benzene rings is 2. The molecule has 0 aliphatic carbocycles. The number of nitrogens with zero attached hydrogens (tertiary/aromatic N) is 2. The normalized spacial score (nSPS) is 16.8. The molecule has 2 amide bonds. The molecule has 136 valence electrons. The average molecular weight is 423 g/mol. The highest BCUT2D eigenvalue weighted by Crippen LogP contribution is 2.31. The molecule has 26 heavy (non-hydrogen) atoms. The molecule has 1 fully saturated rings. The van der Waals surface area contributed by atoms with Crippen LogP contribution in [0, 0.1) is 17.6 Å². The van der Waals surface area contributed by atoms with Crippen LogP contribution in [0.2, 0.25) is 0 Å². The maximum Gasteiger partial charge on any atom is 0.228 e. The minimum absolute atomic E-state index is 0.114. The number of rotatable bonds is 4. The number of anilines is 1. The van der Waals surface area contributed by atoms with Crippen LogP contribution in [0.5, 0.6) is 0 Å². The summed E-state index contributed by atoms with van der Waals surface area (Å²) in [6.45, 7) is 0.443. The van der Waals surface area contributed by atoms with E-state index in [0.717, 1.165) is 22.3 Å². The van der Waals surface area contributed by atoms with Crippen molar-refractivity contribution >= 4 is 33.4 Å². The van der Waals surface area contributed by atoms with Crippen LogP contribution in [0.4, 0.5) is 14.5 Å². The molecule has 0 saturated carbocycles. The SMILES string of the molecule is CN(Cc1ccc(F)c(F)c1)C(=O)C1CC(=O)N(c2ccccc2Br)C1. The van der Waals surface area contributed by atoms with Gasteiger partial charge in [0.25, 0.3) is 0 Å². The molecule has 1 atom stereocenters. The highest BCUT2D eigenvalue weighted by molar-refractivity contribution is 9.10. The summed E-state index contributed by atoms with van der Waals surface area (Å²) >= 11 is 3.42. The topological polar surface area (TPSA) is 40.6 Å². The Morgan fingerprint density at radius 2 is 1.96 bits per heavy atom. The molecule has 7 heteroatoms. The smallest absolute Gasteiger partial charge is 0.228 e. The third-order valence-electron chi connectivity index (χ3n) is 4.40. The van der Waals surface area contributed by atoms with Crippen molar-refractivity contribution in [3.05, 3.63) is 64.1 Å². The molecule has 0 bridgehead atoms. The molecular weight excluding hydrogens is 406 g/mol. The number of halogens is 3. The monoisotopic (exact) mass is 422 g/mol. The third-order valence-corrected chi connectivity index (χ3v) is 5.07. The second-order valence-corrected chi connectivity index (χ2v) is 7.15. The fourth-order valence-electron chi connectivity index (χ4n) is 3.08. The number of amides is 2. The Bertz CT molecular complexity index is 859. The van der Waals surface area contributed by atoms with Gasteiger partial charge in [0, 0.05) is 31.0 Å². The van der Waals surface area contributed by atoms with E-state index in [1.807, 2.05) is 24.3 Å². The van der Waals surface area contributed by atoms with Crippen molar-refractivity contribution in [3.8, 4) is 0 Å². The highest BCUT2D eigenvalue weighted by Gasteiger charge is 2.37. The van der Waals surface area contributed by atoms with Crippen molar-refractivity contribution < 1.29 is 18.4 Å². The quantitative estimate of drug-likeness (QED) is 0.752. The van der Waals surface area contributed by atoms with E-state index in [0.29, 0.717) is 12.1 Å². The summed E-state index contributed by atoms with van der Waals surface area (Å²) in [5.74, 6) is -2.65. The van der Waals surface area contributed by atoms with Gasteiger partial charge in [-0.15, -0.1) is 0 Å². The van der Waals surface area contributed by atoms with Crippen LogP contribution in [-0.2, 0) is 16.1 Å². The maximum atomic E-state index is 13.3. The van der Waals surface area contributed by atoms with Crippen LogP contribution in [0.25, 0.3) is 0 Å². The lowest BCUT2D eigenvalue weighted by molar-refractivity contribution is -0.135. The lowest BCUT2D eigenvalue weighted by Crippen LogP contribution is -2.34. The second kappa shape index (κ2) is 7.53. The summed E-state index contributed by atoms with van der Waals surface area (Å²) in [4.78, 5) is 28.1. The molecule has 2 aromatic rings. The third kappa shape index (κ3) is 3.77. The largest absolute Gasteiger partial charge is 0.341 e. The summed E-state index contributed by atoms with van der Waals surface area (Å²) in [6.07, 6.45) is 0.127. The molecule has 2 aromatic carbocycles. The van der Waals surface area contributed by atoms with Gasteiger partial charge in [-0.2, -0.15) is 0 Å². The van der Waals surface area contributed by atoms with Crippen LogP contribution in [0.1, 0.15) is 12.0 Å². The van der Waals surface area contributed by atoms with Crippen LogP contribution in [-0.4, -0.2) is 30.3 Å². The van der Waals surface area contributed by atoms with Crippen LogP contribution < -0.4 is 4.90 Å². The minimum Gasteiger partial charge on any atom is -0.341 e. The van der Waals surface area contributed by atoms with Crippen LogP contribution in [0.15, 0.2) is 46.9 Å². The fourth-order valence-corrected chi connectivity index (χ4v) is 3.58. The van der Waals surface area contributed by atoms with Gasteiger partial charge in [-0.25, -0.2) is 8.78 Å². The molecule has 1 aliphatic heterocycles. The maximum absolute atomic E-state index is 13.3. The fraction of sp³-hybridized carbons (Fsp3) is 0.263. The number of carbonyl (C=O) groups excluding carboxylic acids is 2. The first-order chi connectivity index (χ1) is 12.4. The van der Waals surface area contributed by atoms with E-state index in [9.17, 15) is 18.4 Å². The number of hydrogen-bond acceptors (Lipinski definition) is 2. The van der Waals surface area contributed by atoms with Gasteiger partial charge in [0.05, 0.1) is 11.6 Å². The average Bonchev–Trinajstić information content (AvgIpc) is 2.99. The number of para-hydroxylation sites is 1. The van der Waals surface area contributed by atoms with Gasteiger partial charge >= 0.3 is 0 Å². The first-order valence-corrected chi connectivity index (χ1v) is 8.90. The van der Waals surface area contributed by atoms with E-state index >= 15 is 0 Å². The van der Waals surface area contributed by atoms with Gasteiger partial charge in [0.1, 0.15) is 0 Å². The van der Waals surface area contributed by atoms with Crippen molar-refractivity contribution in [2.45, 2.75) is 13.0 Å². The molecule has 1 aliphatic rings. The molecule has 0 radical (unpaired) electrons. The molecule has 0 spiro atoms. The van der Waals surface area contributed by atoms with Gasteiger partial charge in [-0.05, 0) is 45.8 Å². The van der Waals surface area contributed by atoms with Gasteiger partial charge in [-0.3, -0.25) is 9.59 Å². The summed E-state index contributed by atoms with van der Waals surface area (Å²) in [5, 5.41) is 0. The summed E-state index contributed by atoms with van der Waals surface area (Å²) < 4.78 is 27.1. The van der Waals surface area contributed by atoms with E-state index in [1.165, 1.54) is 11.0 Å². The zero-order valence-electron chi connectivity index (χ0n) is 14.1. The van der Waals surface area contributed by atoms with Crippen molar-refractivity contribution in [3.63, 3.8) is 0 Å². The Labute approximate surface area is 158 Å². The standard InChI is InChI=1S/C19H17BrF2N2O2/c1-23(10-12-6-7-15(21)16(22)8-12)19(26)13-9-18(25)24(11-13)17-5-3-2-4-14(17)20/h2-8,13H,9-11H2,1H3. The zero-order chi connectivity index (χ0) is 18.8. The molecular formula is C19H17BrF2N2O2. The Kier molecular flexibility index (Phi) is 5.36. The Balaban J connectivity index is 1.69. The van der Waals surface area contributed by atoms with Gasteiger partial charge in [0.2, 0.25) is 11.8 Å². The molecule has 1 heterocycles. The predicted octanol–water partition coefficient (Wildman–Crippen LogP) is 3.74. The Morgan fingerprint density at radius 3 is 2.65 bits per heavy atom. The Morgan fingerprint density at radius 1 is 1.23 bits per heavy atom. The van der Waals surface area contributed by atoms with Crippen LogP contribution in [0.3, 0.4) is 0 Å². The van der Waals surface area contributed by atoms with Gasteiger partial charge in [0.15, 0.2) is 11.6 Å². The van der Waals surface area contributed by atoms with E-state index in [-0.39, 0.29) is 24.8 Å². The van der Waals surface area contributed by atoms with Gasteiger partial charge < -0.3 is 9.80 Å². The van der Waals surface area contributed by atoms with Crippen molar-refractivity contribution in [1.82, 2.24) is 4.90 Å². The van der Waals surface area contributed by atoms with Crippen molar-refractivity contribution in [1.29, 1.82) is 0 Å². The van der Waals surface area contributed by atoms with Crippen molar-refractivity contribution in [2.75, 3.05) is 18.5 Å². The molecule has 1 saturated heterocycles. The first-order valence-electron chi connectivity index (χ1n) is 8.10. The highest BCUT2D eigenvalue weighted by atomic mass is 79.9. The summed E-state index contributed by atoms with van der Waals surface area (Å²) in [6, 6.07) is 10.9. The molecule has 4 nitrogen and oxygen atoms in total.